The normalized spacial score (nSPS) is 14.3. The maximum atomic E-state index is 13.2. The van der Waals surface area contributed by atoms with Crippen LogP contribution in [0.4, 0.5) is 32.0 Å². The van der Waals surface area contributed by atoms with Crippen molar-refractivity contribution >= 4 is 38.1 Å². The predicted octanol–water partition coefficient (Wildman–Crippen LogP) is 9.29. The number of sulfonamides is 1. The van der Waals surface area contributed by atoms with E-state index in [1.807, 2.05) is 51.1 Å². The topological polar surface area (TPSA) is 132 Å². The van der Waals surface area contributed by atoms with Gasteiger partial charge in [-0.1, -0.05) is 84.3 Å². The van der Waals surface area contributed by atoms with Crippen molar-refractivity contribution in [2.24, 2.45) is 0 Å². The van der Waals surface area contributed by atoms with E-state index in [2.05, 4.69) is 20.4 Å². The summed E-state index contributed by atoms with van der Waals surface area (Å²) in [6.45, 7) is 11.2. The van der Waals surface area contributed by atoms with Crippen LogP contribution in [0.15, 0.2) is 114 Å². The zero-order valence-corrected chi connectivity index (χ0v) is 36.2. The number of anilines is 1. The van der Waals surface area contributed by atoms with Crippen molar-refractivity contribution in [2.75, 3.05) is 25.0 Å². The Labute approximate surface area is 359 Å². The summed E-state index contributed by atoms with van der Waals surface area (Å²) in [5.74, 6) is -0.973. The highest BCUT2D eigenvalue weighted by atomic mass is 32.2. The van der Waals surface area contributed by atoms with Crippen LogP contribution in [-0.4, -0.2) is 59.2 Å². The Hall–Kier alpha value is -5.82. The number of hydrogen-bond donors (Lipinski definition) is 2. The minimum atomic E-state index is -4.71. The van der Waals surface area contributed by atoms with Crippen LogP contribution in [0.5, 0.6) is 11.6 Å². The Balaban J connectivity index is 0.000000235. The molecule has 2 N–H and O–H groups in total. The maximum Gasteiger partial charge on any atom is 0.573 e. The average molecular weight is 906 g/mol. The van der Waals surface area contributed by atoms with Crippen LogP contribution in [0.25, 0.3) is 15.3 Å². The highest BCUT2D eigenvalue weighted by molar-refractivity contribution is 7.99. The van der Waals surface area contributed by atoms with Crippen molar-refractivity contribution < 1.29 is 49.0 Å². The number of carbonyl (C=O) groups excluding carboxylic acids is 1. The fraction of sp³-hybridized carbons (Fsp3) is 0.326. The molecule has 62 heavy (non-hydrogen) atoms. The fourth-order valence-corrected chi connectivity index (χ4v) is 9.34. The zero-order chi connectivity index (χ0) is 45.7. The van der Waals surface area contributed by atoms with E-state index in [-0.39, 0.29) is 46.5 Å². The molecule has 2 aromatic heterocycles. The van der Waals surface area contributed by atoms with Gasteiger partial charge in [0.2, 0.25) is 5.88 Å². The van der Waals surface area contributed by atoms with E-state index in [1.165, 1.54) is 23.7 Å². The number of rotatable bonds is 12. The van der Waals surface area contributed by atoms with Gasteiger partial charge in [-0.15, -0.1) is 13.2 Å². The summed E-state index contributed by atoms with van der Waals surface area (Å²) in [6, 6.07) is 25.6. The lowest BCUT2D eigenvalue weighted by molar-refractivity contribution is -0.274. The van der Waals surface area contributed by atoms with Gasteiger partial charge in [0, 0.05) is 25.4 Å². The molecular weight excluding hydrogens is 861 g/mol. The lowest BCUT2D eigenvalue weighted by atomic mass is 10.1. The van der Waals surface area contributed by atoms with Crippen LogP contribution in [-0.2, 0) is 33.0 Å². The van der Waals surface area contributed by atoms with Gasteiger partial charge in [0.15, 0.2) is 0 Å². The molecule has 0 spiro atoms. The lowest BCUT2D eigenvalue weighted by Gasteiger charge is -2.30. The third-order valence-electron chi connectivity index (χ3n) is 8.81. The quantitative estimate of drug-likeness (QED) is 0.0929. The number of aromatic nitrogens is 2. The molecule has 6 rings (SSSR count). The second kappa shape index (κ2) is 18.7. The molecule has 0 fully saturated rings. The molecule has 0 aliphatic carbocycles. The number of nitrogens with one attached hydrogen (secondary N) is 2. The number of pyridine rings is 1. The first kappa shape index (κ1) is 47.2. The third-order valence-corrected chi connectivity index (χ3v) is 12.5. The van der Waals surface area contributed by atoms with E-state index in [4.69, 9.17) is 4.74 Å². The maximum absolute atomic E-state index is 13.2. The molecule has 3 heterocycles. The minimum absolute atomic E-state index is 0.0214. The van der Waals surface area contributed by atoms with Gasteiger partial charge in [0.25, 0.3) is 21.5 Å². The summed E-state index contributed by atoms with van der Waals surface area (Å²) < 4.78 is 113. The van der Waals surface area contributed by atoms with Crippen LogP contribution in [0, 0.1) is 0 Å². The van der Waals surface area contributed by atoms with E-state index in [0.29, 0.717) is 30.4 Å². The standard InChI is InChI=1S/C22H23F3N2O2S.C21H22F3N3O4S/c1-21(2,3)27-20(28)18(19(30-27)16-7-5-4-6-8-16)26-14-13-15-9-11-17(12-10-15)29-22(23,24)25;1-20(2,3)27-19(28)17(18(32(27,29)30)14-7-5-4-6-8-14)25-11-12-31-16-10-9-15(13-26-16)21(22,23)24/h4-12,26H,13-14H2,1-3H3;4-10,13,25H,11-12H2,1-3H3. The smallest absolute Gasteiger partial charge is 0.476 e. The van der Waals surface area contributed by atoms with E-state index in [9.17, 15) is 44.3 Å². The summed E-state index contributed by atoms with van der Waals surface area (Å²) in [5.41, 5.74) is 0.293. The molecule has 0 saturated heterocycles. The van der Waals surface area contributed by atoms with Crippen molar-refractivity contribution in [3.05, 3.63) is 136 Å². The highest BCUT2D eigenvalue weighted by Crippen LogP contribution is 2.39. The molecule has 11 nitrogen and oxygen atoms in total. The van der Waals surface area contributed by atoms with E-state index >= 15 is 0 Å². The first-order valence-electron chi connectivity index (χ1n) is 19.1. The van der Waals surface area contributed by atoms with Gasteiger partial charge in [0.1, 0.15) is 28.6 Å². The first-order valence-corrected chi connectivity index (χ1v) is 21.3. The van der Waals surface area contributed by atoms with Gasteiger partial charge in [-0.3, -0.25) is 13.5 Å². The lowest BCUT2D eigenvalue weighted by Crippen LogP contribution is -2.46. The molecule has 0 unspecified atom stereocenters. The van der Waals surface area contributed by atoms with Crippen LogP contribution >= 0.6 is 11.5 Å². The molecule has 332 valence electrons. The summed E-state index contributed by atoms with van der Waals surface area (Å²) in [5, 5.41) is 6.06. The van der Waals surface area contributed by atoms with Crippen LogP contribution in [0.3, 0.4) is 0 Å². The predicted molar refractivity (Wildman–Crippen MR) is 226 cm³/mol. The third kappa shape index (κ3) is 11.8. The van der Waals surface area contributed by atoms with Gasteiger partial charge in [-0.2, -0.15) is 13.2 Å². The van der Waals surface area contributed by atoms with Crippen molar-refractivity contribution in [1.29, 1.82) is 0 Å². The molecule has 0 atom stereocenters. The number of halogens is 6. The van der Waals surface area contributed by atoms with Crippen LogP contribution < -0.4 is 25.7 Å². The van der Waals surface area contributed by atoms with E-state index in [1.54, 1.807) is 67.2 Å². The molecule has 19 heteroatoms. The van der Waals surface area contributed by atoms with Crippen molar-refractivity contribution in [1.82, 2.24) is 18.6 Å². The fourth-order valence-electron chi connectivity index (χ4n) is 6.15. The largest absolute Gasteiger partial charge is 0.573 e. The second-order valence-corrected chi connectivity index (χ2v) is 18.5. The molecule has 5 aromatic rings. The van der Waals surface area contributed by atoms with Crippen molar-refractivity contribution in [3.8, 4) is 22.1 Å². The number of amides is 1. The summed E-state index contributed by atoms with van der Waals surface area (Å²) in [6.07, 6.45) is -8.00. The number of benzene rings is 3. The number of ether oxygens (including phenoxy) is 2. The van der Waals surface area contributed by atoms with E-state index in [0.717, 1.165) is 32.4 Å². The van der Waals surface area contributed by atoms with E-state index < -0.39 is 39.6 Å². The van der Waals surface area contributed by atoms with Crippen molar-refractivity contribution in [2.45, 2.75) is 71.6 Å². The van der Waals surface area contributed by atoms with Gasteiger partial charge in [0.05, 0.1) is 21.5 Å². The molecular formula is C43H45F6N5O6S2. The van der Waals surface area contributed by atoms with Gasteiger partial charge >= 0.3 is 12.5 Å². The Kier molecular flexibility index (Phi) is 14.2. The first-order chi connectivity index (χ1) is 28.9. The van der Waals surface area contributed by atoms with Gasteiger partial charge in [-0.05, 0) is 82.9 Å². The van der Waals surface area contributed by atoms with Gasteiger partial charge < -0.3 is 20.1 Å². The highest BCUT2D eigenvalue weighted by Gasteiger charge is 2.49. The monoisotopic (exact) mass is 905 g/mol. The Bertz CT molecular complexity index is 2510. The molecule has 0 saturated carbocycles. The number of carbonyl (C=O) groups is 1. The summed E-state index contributed by atoms with van der Waals surface area (Å²) >= 11 is 1.42. The number of hydrogen-bond acceptors (Lipinski definition) is 10. The SMILES string of the molecule is CC(C)(C)N1C(=O)C(NCCOc2ccc(C(F)(F)F)cn2)=C(c2ccccc2)S1(=O)=O.CC(C)(C)n1sc(-c2ccccc2)c(NCCc2ccc(OC(F)(F)F)cc2)c1=O. The average Bonchev–Trinajstić information content (AvgIpc) is 3.62. The number of alkyl halides is 6. The van der Waals surface area contributed by atoms with Crippen molar-refractivity contribution in [3.63, 3.8) is 0 Å². The van der Waals surface area contributed by atoms with Crippen LogP contribution in [0.1, 0.15) is 58.2 Å². The Morgan fingerprint density at radius 2 is 1.32 bits per heavy atom. The number of nitrogens with zero attached hydrogens (tertiary/aromatic N) is 3. The Morgan fingerprint density at radius 1 is 0.726 bits per heavy atom. The Morgan fingerprint density at radius 3 is 1.84 bits per heavy atom. The molecule has 1 aliphatic rings. The molecule has 1 amide bonds. The second-order valence-electron chi connectivity index (χ2n) is 15.8. The van der Waals surface area contributed by atoms with Crippen LogP contribution in [0.2, 0.25) is 0 Å². The molecule has 0 radical (unpaired) electrons. The zero-order valence-electron chi connectivity index (χ0n) is 34.5. The summed E-state index contributed by atoms with van der Waals surface area (Å²) in [4.78, 5) is 30.4. The molecule has 3 aromatic carbocycles. The summed E-state index contributed by atoms with van der Waals surface area (Å²) in [7, 11) is -4.10. The molecule has 1 aliphatic heterocycles. The molecule has 0 bridgehead atoms. The minimum Gasteiger partial charge on any atom is -0.476 e. The van der Waals surface area contributed by atoms with Gasteiger partial charge in [-0.25, -0.2) is 17.7 Å².